The van der Waals surface area contributed by atoms with Crippen LogP contribution >= 0.6 is 15.9 Å². The molecule has 0 amide bonds. The Morgan fingerprint density at radius 1 is 0.963 bits per heavy atom. The molecule has 1 aliphatic heterocycles. The number of morpholine rings is 1. The lowest BCUT2D eigenvalue weighted by Crippen LogP contribution is -2.37. The molecule has 0 bridgehead atoms. The zero-order valence-electron chi connectivity index (χ0n) is 14.7. The fraction of sp³-hybridized carbons (Fsp3) is 0.182. The first-order chi connectivity index (χ1) is 13.3. The van der Waals surface area contributed by atoms with E-state index in [1.807, 2.05) is 60.7 Å². The third-order valence-corrected chi connectivity index (χ3v) is 5.18. The number of nitriles is 1. The van der Waals surface area contributed by atoms with Gasteiger partial charge in [-0.25, -0.2) is 4.98 Å². The molecule has 0 radical (unpaired) electrons. The third kappa shape index (κ3) is 3.73. The molecular formula is C22H18BrN3O. The minimum atomic E-state index is 0.615. The van der Waals surface area contributed by atoms with Gasteiger partial charge in [0.1, 0.15) is 17.5 Å². The van der Waals surface area contributed by atoms with Gasteiger partial charge in [0.2, 0.25) is 0 Å². The lowest BCUT2D eigenvalue weighted by atomic mass is 9.98. The van der Waals surface area contributed by atoms with Gasteiger partial charge in [0, 0.05) is 28.7 Å². The van der Waals surface area contributed by atoms with Crippen LogP contribution in [0.3, 0.4) is 0 Å². The van der Waals surface area contributed by atoms with Gasteiger partial charge in [-0.15, -0.1) is 0 Å². The Morgan fingerprint density at radius 3 is 2.33 bits per heavy atom. The first-order valence-electron chi connectivity index (χ1n) is 8.85. The first kappa shape index (κ1) is 17.7. The maximum Gasteiger partial charge on any atom is 0.148 e. The van der Waals surface area contributed by atoms with E-state index in [0.29, 0.717) is 18.8 Å². The van der Waals surface area contributed by atoms with Gasteiger partial charge in [-0.05, 0) is 23.8 Å². The lowest BCUT2D eigenvalue weighted by Gasteiger charge is -2.29. The van der Waals surface area contributed by atoms with E-state index in [1.54, 1.807) is 0 Å². The Labute approximate surface area is 167 Å². The highest BCUT2D eigenvalue weighted by atomic mass is 79.9. The van der Waals surface area contributed by atoms with Gasteiger partial charge in [0.25, 0.3) is 0 Å². The van der Waals surface area contributed by atoms with Gasteiger partial charge in [-0.2, -0.15) is 5.26 Å². The van der Waals surface area contributed by atoms with Gasteiger partial charge in [0.15, 0.2) is 0 Å². The minimum Gasteiger partial charge on any atom is -0.378 e. The second-order valence-corrected chi connectivity index (χ2v) is 7.25. The number of halogens is 1. The number of benzene rings is 2. The number of pyridine rings is 1. The fourth-order valence-electron chi connectivity index (χ4n) is 3.26. The van der Waals surface area contributed by atoms with Crippen LogP contribution in [0.25, 0.3) is 22.4 Å². The SMILES string of the molecule is N#Cc1c(-c2ccccc2)cc(-c2ccc(Br)cc2)nc1N1CCOCC1. The van der Waals surface area contributed by atoms with Gasteiger partial charge in [-0.3, -0.25) is 0 Å². The Bertz CT molecular complexity index is 975. The summed E-state index contributed by atoms with van der Waals surface area (Å²) in [5.74, 6) is 0.736. The van der Waals surface area contributed by atoms with E-state index in [2.05, 4.69) is 26.9 Å². The van der Waals surface area contributed by atoms with E-state index in [4.69, 9.17) is 9.72 Å². The van der Waals surface area contributed by atoms with E-state index >= 15 is 0 Å². The summed E-state index contributed by atoms with van der Waals surface area (Å²) in [4.78, 5) is 7.04. The maximum absolute atomic E-state index is 9.93. The van der Waals surface area contributed by atoms with Crippen molar-refractivity contribution in [1.82, 2.24) is 4.98 Å². The van der Waals surface area contributed by atoms with Crippen molar-refractivity contribution in [3.63, 3.8) is 0 Å². The number of rotatable bonds is 3. The van der Waals surface area contributed by atoms with Gasteiger partial charge in [-0.1, -0.05) is 58.4 Å². The number of anilines is 1. The summed E-state index contributed by atoms with van der Waals surface area (Å²) in [7, 11) is 0. The lowest BCUT2D eigenvalue weighted by molar-refractivity contribution is 0.122. The Morgan fingerprint density at radius 2 is 1.67 bits per heavy atom. The molecule has 1 saturated heterocycles. The number of hydrogen-bond acceptors (Lipinski definition) is 4. The second kappa shape index (κ2) is 7.91. The molecular weight excluding hydrogens is 402 g/mol. The monoisotopic (exact) mass is 419 g/mol. The van der Waals surface area contributed by atoms with Crippen molar-refractivity contribution in [3.8, 4) is 28.5 Å². The highest BCUT2D eigenvalue weighted by Gasteiger charge is 2.21. The van der Waals surface area contributed by atoms with Crippen molar-refractivity contribution in [2.45, 2.75) is 0 Å². The van der Waals surface area contributed by atoms with Crippen LogP contribution in [-0.2, 0) is 4.74 Å². The summed E-state index contributed by atoms with van der Waals surface area (Å²) >= 11 is 3.48. The predicted molar refractivity (Wildman–Crippen MR) is 111 cm³/mol. The van der Waals surface area contributed by atoms with Crippen molar-refractivity contribution in [1.29, 1.82) is 5.26 Å². The first-order valence-corrected chi connectivity index (χ1v) is 9.65. The van der Waals surface area contributed by atoms with Crippen molar-refractivity contribution in [2.75, 3.05) is 31.2 Å². The largest absolute Gasteiger partial charge is 0.378 e. The molecule has 134 valence electrons. The summed E-state index contributed by atoms with van der Waals surface area (Å²) in [6, 6.07) is 22.5. The number of ether oxygens (including phenoxy) is 1. The van der Waals surface area contributed by atoms with Crippen LogP contribution in [0.5, 0.6) is 0 Å². The van der Waals surface area contributed by atoms with Crippen LogP contribution in [0.15, 0.2) is 65.1 Å². The van der Waals surface area contributed by atoms with Crippen LogP contribution in [0.4, 0.5) is 5.82 Å². The minimum absolute atomic E-state index is 0.615. The molecule has 4 nitrogen and oxygen atoms in total. The molecule has 0 aliphatic carbocycles. The summed E-state index contributed by atoms with van der Waals surface area (Å²) in [5, 5.41) is 9.93. The van der Waals surface area contributed by atoms with Gasteiger partial charge < -0.3 is 9.64 Å². The zero-order chi connectivity index (χ0) is 18.6. The van der Waals surface area contributed by atoms with Crippen LogP contribution in [-0.4, -0.2) is 31.3 Å². The maximum atomic E-state index is 9.93. The fourth-order valence-corrected chi connectivity index (χ4v) is 3.52. The van der Waals surface area contributed by atoms with Crippen molar-refractivity contribution >= 4 is 21.7 Å². The van der Waals surface area contributed by atoms with E-state index in [-0.39, 0.29) is 0 Å². The number of aromatic nitrogens is 1. The predicted octanol–water partition coefficient (Wildman–Crippen LogP) is 4.89. The zero-order valence-corrected chi connectivity index (χ0v) is 16.3. The van der Waals surface area contributed by atoms with Gasteiger partial charge in [0.05, 0.1) is 18.9 Å². The molecule has 5 heteroatoms. The molecule has 1 aromatic heterocycles. The molecule has 0 unspecified atom stereocenters. The molecule has 27 heavy (non-hydrogen) atoms. The van der Waals surface area contributed by atoms with Crippen molar-refractivity contribution < 1.29 is 4.74 Å². The Kier molecular flexibility index (Phi) is 5.19. The number of hydrogen-bond donors (Lipinski definition) is 0. The molecule has 4 rings (SSSR count). The topological polar surface area (TPSA) is 49.2 Å². The Balaban J connectivity index is 1.92. The quantitative estimate of drug-likeness (QED) is 0.606. The molecule has 1 fully saturated rings. The third-order valence-electron chi connectivity index (χ3n) is 4.65. The molecule has 0 atom stereocenters. The second-order valence-electron chi connectivity index (χ2n) is 6.34. The van der Waals surface area contributed by atoms with Crippen LogP contribution in [0.2, 0.25) is 0 Å². The highest BCUT2D eigenvalue weighted by Crippen LogP contribution is 2.34. The number of nitrogens with zero attached hydrogens (tertiary/aromatic N) is 3. The summed E-state index contributed by atoms with van der Waals surface area (Å²) in [6.45, 7) is 2.77. The molecule has 0 saturated carbocycles. The average molecular weight is 420 g/mol. The molecule has 0 N–H and O–H groups in total. The van der Waals surface area contributed by atoms with E-state index in [1.165, 1.54) is 0 Å². The van der Waals surface area contributed by atoms with E-state index in [9.17, 15) is 5.26 Å². The van der Waals surface area contributed by atoms with Crippen molar-refractivity contribution in [3.05, 3.63) is 70.7 Å². The van der Waals surface area contributed by atoms with Crippen molar-refractivity contribution in [2.24, 2.45) is 0 Å². The van der Waals surface area contributed by atoms with E-state index in [0.717, 1.165) is 45.8 Å². The molecule has 0 spiro atoms. The smallest absolute Gasteiger partial charge is 0.148 e. The summed E-state index contributed by atoms with van der Waals surface area (Å²) in [6.07, 6.45) is 0. The summed E-state index contributed by atoms with van der Waals surface area (Å²) in [5.41, 5.74) is 4.43. The average Bonchev–Trinajstić information content (AvgIpc) is 2.74. The molecule has 3 aromatic rings. The molecule has 2 heterocycles. The molecule has 2 aromatic carbocycles. The standard InChI is InChI=1S/C22H18BrN3O/c23-18-8-6-17(7-9-18)21-14-19(16-4-2-1-3-5-16)20(15-24)22(25-21)26-10-12-27-13-11-26/h1-9,14H,10-13H2. The Hall–Kier alpha value is -2.68. The van der Waals surface area contributed by atoms with Gasteiger partial charge >= 0.3 is 0 Å². The van der Waals surface area contributed by atoms with Crippen LogP contribution < -0.4 is 4.90 Å². The van der Waals surface area contributed by atoms with E-state index < -0.39 is 0 Å². The normalized spacial score (nSPS) is 14.0. The van der Waals surface area contributed by atoms with Crippen LogP contribution in [0, 0.1) is 11.3 Å². The highest BCUT2D eigenvalue weighted by molar-refractivity contribution is 9.10. The summed E-state index contributed by atoms with van der Waals surface area (Å²) < 4.78 is 6.50. The molecule has 1 aliphatic rings. The van der Waals surface area contributed by atoms with Crippen LogP contribution in [0.1, 0.15) is 5.56 Å².